The van der Waals surface area contributed by atoms with Crippen LogP contribution in [0.1, 0.15) is 26.7 Å². The van der Waals surface area contributed by atoms with E-state index >= 15 is 0 Å². The van der Waals surface area contributed by atoms with E-state index in [0.29, 0.717) is 0 Å². The fourth-order valence-corrected chi connectivity index (χ4v) is 2.24. The van der Waals surface area contributed by atoms with E-state index in [1.165, 1.54) is 0 Å². The van der Waals surface area contributed by atoms with Gasteiger partial charge in [-0.2, -0.15) is 5.26 Å². The molecule has 0 aromatic rings. The monoisotopic (exact) mass is 239 g/mol. The standard InChI is InChI=1S/C13H25N3O/c1-3-5-13(12-14)16-8-6-15(7-9-16)10-11-17-4-2/h13H,3-11H2,1-2H3. The quantitative estimate of drug-likeness (QED) is 0.628. The van der Waals surface area contributed by atoms with E-state index in [0.717, 1.165) is 58.8 Å². The maximum Gasteiger partial charge on any atom is 0.0978 e. The van der Waals surface area contributed by atoms with Crippen LogP contribution in [0.5, 0.6) is 0 Å². The highest BCUT2D eigenvalue weighted by Crippen LogP contribution is 2.10. The Bertz CT molecular complexity index is 231. The molecule has 1 fully saturated rings. The predicted molar refractivity (Wildman–Crippen MR) is 68.8 cm³/mol. The SMILES string of the molecule is CCCC(C#N)N1CCN(CCOCC)CC1. The number of piperazine rings is 1. The van der Waals surface area contributed by atoms with Crippen LogP contribution < -0.4 is 0 Å². The number of ether oxygens (including phenoxy) is 1. The van der Waals surface area contributed by atoms with Crippen LogP contribution in [-0.4, -0.2) is 61.8 Å². The lowest BCUT2D eigenvalue weighted by Gasteiger charge is -2.36. The maximum absolute atomic E-state index is 9.12. The molecule has 1 aliphatic heterocycles. The van der Waals surface area contributed by atoms with Crippen LogP contribution >= 0.6 is 0 Å². The van der Waals surface area contributed by atoms with E-state index in [-0.39, 0.29) is 6.04 Å². The third kappa shape index (κ3) is 5.03. The molecule has 1 saturated heterocycles. The minimum atomic E-state index is 0.119. The van der Waals surface area contributed by atoms with Gasteiger partial charge in [-0.15, -0.1) is 0 Å². The Morgan fingerprint density at radius 3 is 2.47 bits per heavy atom. The highest BCUT2D eigenvalue weighted by atomic mass is 16.5. The zero-order valence-electron chi connectivity index (χ0n) is 11.2. The summed E-state index contributed by atoms with van der Waals surface area (Å²) in [7, 11) is 0. The molecular formula is C13H25N3O. The first kappa shape index (κ1) is 14.4. The van der Waals surface area contributed by atoms with Crippen molar-refractivity contribution >= 4 is 0 Å². The first-order chi connectivity index (χ1) is 8.31. The second-order valence-electron chi connectivity index (χ2n) is 4.51. The molecule has 0 aliphatic carbocycles. The van der Waals surface area contributed by atoms with Gasteiger partial charge in [0.2, 0.25) is 0 Å². The molecule has 1 heterocycles. The fraction of sp³-hybridized carbons (Fsp3) is 0.923. The molecule has 1 aliphatic rings. The molecule has 1 rings (SSSR count). The molecule has 17 heavy (non-hydrogen) atoms. The molecule has 98 valence electrons. The van der Waals surface area contributed by atoms with E-state index in [4.69, 9.17) is 10.00 Å². The number of hydrogen-bond acceptors (Lipinski definition) is 4. The van der Waals surface area contributed by atoms with Gasteiger partial charge < -0.3 is 4.74 Å². The molecule has 0 aromatic heterocycles. The van der Waals surface area contributed by atoms with Gasteiger partial charge in [-0.05, 0) is 13.3 Å². The summed E-state index contributed by atoms with van der Waals surface area (Å²) in [6.07, 6.45) is 2.08. The van der Waals surface area contributed by atoms with Crippen LogP contribution in [-0.2, 0) is 4.74 Å². The van der Waals surface area contributed by atoms with Crippen molar-refractivity contribution in [1.29, 1.82) is 5.26 Å². The molecule has 0 bridgehead atoms. The van der Waals surface area contributed by atoms with Crippen molar-refractivity contribution in [2.75, 3.05) is 45.9 Å². The molecular weight excluding hydrogens is 214 g/mol. The molecule has 0 N–H and O–H groups in total. The van der Waals surface area contributed by atoms with E-state index in [9.17, 15) is 0 Å². The van der Waals surface area contributed by atoms with Gasteiger partial charge in [0, 0.05) is 39.3 Å². The third-order valence-corrected chi connectivity index (χ3v) is 3.31. The number of hydrogen-bond donors (Lipinski definition) is 0. The van der Waals surface area contributed by atoms with Crippen LogP contribution in [0, 0.1) is 11.3 Å². The lowest BCUT2D eigenvalue weighted by atomic mass is 10.1. The lowest BCUT2D eigenvalue weighted by Crippen LogP contribution is -2.50. The Morgan fingerprint density at radius 2 is 1.94 bits per heavy atom. The summed E-state index contributed by atoms with van der Waals surface area (Å²) < 4.78 is 5.36. The molecule has 4 heteroatoms. The van der Waals surface area contributed by atoms with E-state index < -0.39 is 0 Å². The van der Waals surface area contributed by atoms with Crippen molar-refractivity contribution in [1.82, 2.24) is 9.80 Å². The van der Waals surface area contributed by atoms with E-state index in [1.807, 2.05) is 6.92 Å². The molecule has 1 atom stereocenters. The van der Waals surface area contributed by atoms with Crippen molar-refractivity contribution in [3.63, 3.8) is 0 Å². The van der Waals surface area contributed by atoms with Gasteiger partial charge in [0.1, 0.15) is 0 Å². The molecule has 0 saturated carbocycles. The highest BCUT2D eigenvalue weighted by Gasteiger charge is 2.22. The highest BCUT2D eigenvalue weighted by molar-refractivity contribution is 4.93. The maximum atomic E-state index is 9.12. The van der Waals surface area contributed by atoms with Crippen LogP contribution in [0.25, 0.3) is 0 Å². The Labute approximate surface area is 105 Å². The average molecular weight is 239 g/mol. The lowest BCUT2D eigenvalue weighted by molar-refractivity contribution is 0.0718. The minimum absolute atomic E-state index is 0.119. The zero-order valence-corrected chi connectivity index (χ0v) is 11.2. The molecule has 0 spiro atoms. The Kier molecular flexibility index (Phi) is 7.18. The number of nitrogens with zero attached hydrogens (tertiary/aromatic N) is 3. The first-order valence-electron chi connectivity index (χ1n) is 6.75. The smallest absolute Gasteiger partial charge is 0.0978 e. The number of nitriles is 1. The van der Waals surface area contributed by atoms with Gasteiger partial charge in [0.25, 0.3) is 0 Å². The average Bonchev–Trinajstić information content (AvgIpc) is 2.37. The van der Waals surface area contributed by atoms with Crippen LogP contribution in [0.3, 0.4) is 0 Å². The van der Waals surface area contributed by atoms with E-state index in [1.54, 1.807) is 0 Å². The fourth-order valence-electron chi connectivity index (χ4n) is 2.24. The van der Waals surface area contributed by atoms with Crippen molar-refractivity contribution in [2.24, 2.45) is 0 Å². The summed E-state index contributed by atoms with van der Waals surface area (Å²) in [6.45, 7) is 11.0. The van der Waals surface area contributed by atoms with Crippen LogP contribution in [0.2, 0.25) is 0 Å². The summed E-state index contributed by atoms with van der Waals surface area (Å²) in [5.74, 6) is 0. The van der Waals surface area contributed by atoms with Gasteiger partial charge in [0.15, 0.2) is 0 Å². The first-order valence-corrected chi connectivity index (χ1v) is 6.75. The van der Waals surface area contributed by atoms with Crippen molar-refractivity contribution in [3.8, 4) is 6.07 Å². The molecule has 0 amide bonds. The van der Waals surface area contributed by atoms with Gasteiger partial charge in [-0.3, -0.25) is 9.80 Å². The second-order valence-corrected chi connectivity index (χ2v) is 4.51. The Morgan fingerprint density at radius 1 is 1.24 bits per heavy atom. The summed E-state index contributed by atoms with van der Waals surface area (Å²) >= 11 is 0. The topological polar surface area (TPSA) is 39.5 Å². The van der Waals surface area contributed by atoms with Crippen molar-refractivity contribution in [3.05, 3.63) is 0 Å². The summed E-state index contributed by atoms with van der Waals surface area (Å²) in [5.41, 5.74) is 0. The van der Waals surface area contributed by atoms with Crippen molar-refractivity contribution < 1.29 is 4.74 Å². The minimum Gasteiger partial charge on any atom is -0.380 e. The second kappa shape index (κ2) is 8.46. The van der Waals surface area contributed by atoms with Gasteiger partial charge in [0.05, 0.1) is 18.7 Å². The van der Waals surface area contributed by atoms with Crippen LogP contribution in [0.15, 0.2) is 0 Å². The van der Waals surface area contributed by atoms with Gasteiger partial charge in [-0.1, -0.05) is 13.3 Å². The summed E-state index contributed by atoms with van der Waals surface area (Å²) in [5, 5.41) is 9.12. The van der Waals surface area contributed by atoms with E-state index in [2.05, 4.69) is 22.8 Å². The largest absolute Gasteiger partial charge is 0.380 e. The van der Waals surface area contributed by atoms with Gasteiger partial charge >= 0.3 is 0 Å². The Balaban J connectivity index is 2.23. The molecule has 0 radical (unpaired) electrons. The molecule has 4 nitrogen and oxygen atoms in total. The Hall–Kier alpha value is -0.630. The summed E-state index contributed by atoms with van der Waals surface area (Å²) in [6, 6.07) is 2.54. The van der Waals surface area contributed by atoms with Crippen molar-refractivity contribution in [2.45, 2.75) is 32.7 Å². The van der Waals surface area contributed by atoms with Gasteiger partial charge in [-0.25, -0.2) is 0 Å². The normalized spacial score (nSPS) is 20.1. The number of rotatable bonds is 7. The summed E-state index contributed by atoms with van der Waals surface area (Å²) in [4.78, 5) is 4.74. The third-order valence-electron chi connectivity index (χ3n) is 3.31. The van der Waals surface area contributed by atoms with Crippen LogP contribution in [0.4, 0.5) is 0 Å². The molecule has 1 unspecified atom stereocenters. The zero-order chi connectivity index (χ0) is 12.5. The molecule has 0 aromatic carbocycles. The predicted octanol–water partition coefficient (Wildman–Crippen LogP) is 1.33.